The number of carbonyl (C=O) groups is 1. The molecule has 0 aliphatic heterocycles. The molecule has 1 N–H and O–H groups in total. The van der Waals surface area contributed by atoms with Gasteiger partial charge in [-0.15, -0.1) is 0 Å². The van der Waals surface area contributed by atoms with Gasteiger partial charge in [0.25, 0.3) is 5.91 Å². The van der Waals surface area contributed by atoms with Gasteiger partial charge in [0.15, 0.2) is 0 Å². The Labute approximate surface area is 124 Å². The van der Waals surface area contributed by atoms with Gasteiger partial charge in [-0.1, -0.05) is 45.7 Å². The molecule has 0 atom stereocenters. The van der Waals surface area contributed by atoms with Crippen LogP contribution in [0.1, 0.15) is 37.0 Å². The Hall–Kier alpha value is -0.420. The van der Waals surface area contributed by atoms with Crippen LogP contribution in [0.25, 0.3) is 0 Å². The number of halogens is 3. The van der Waals surface area contributed by atoms with Crippen LogP contribution in [0.3, 0.4) is 0 Å². The Bertz CT molecular complexity index is 425. The zero-order valence-corrected chi connectivity index (χ0v) is 13.6. The smallest absolute Gasteiger partial charge is 0.254 e. The fourth-order valence-electron chi connectivity index (χ4n) is 1.63. The van der Waals surface area contributed by atoms with Crippen molar-refractivity contribution in [1.82, 2.24) is 5.32 Å². The molecule has 5 heteroatoms. The van der Waals surface area contributed by atoms with Crippen molar-refractivity contribution in [1.29, 1.82) is 0 Å². The van der Waals surface area contributed by atoms with Gasteiger partial charge in [0.2, 0.25) is 0 Å². The number of alkyl halides is 1. The van der Waals surface area contributed by atoms with Crippen molar-refractivity contribution in [3.8, 4) is 0 Å². The third-order valence-corrected chi connectivity index (χ3v) is 4.73. The van der Waals surface area contributed by atoms with Crippen LogP contribution in [0, 0.1) is 5.82 Å². The van der Waals surface area contributed by atoms with E-state index in [1.165, 1.54) is 12.1 Å². The minimum Gasteiger partial charge on any atom is -0.346 e. The topological polar surface area (TPSA) is 29.1 Å². The highest BCUT2D eigenvalue weighted by Crippen LogP contribution is 2.21. The Morgan fingerprint density at radius 2 is 2.00 bits per heavy atom. The summed E-state index contributed by atoms with van der Waals surface area (Å²) in [4.78, 5) is 12.1. The maximum absolute atomic E-state index is 13.6. The molecule has 0 aliphatic rings. The van der Waals surface area contributed by atoms with E-state index in [0.29, 0.717) is 9.80 Å². The van der Waals surface area contributed by atoms with Gasteiger partial charge in [0, 0.05) is 15.3 Å². The van der Waals surface area contributed by atoms with E-state index in [-0.39, 0.29) is 17.0 Å². The summed E-state index contributed by atoms with van der Waals surface area (Å²) in [5, 5.41) is 3.56. The lowest BCUT2D eigenvalue weighted by molar-refractivity contribution is 0.0899. The zero-order chi connectivity index (χ0) is 13.8. The van der Waals surface area contributed by atoms with Crippen LogP contribution in [0.4, 0.5) is 4.39 Å². The number of amides is 1. The summed E-state index contributed by atoms with van der Waals surface area (Å²) in [6.07, 6.45) is 1.58. The van der Waals surface area contributed by atoms with E-state index in [0.717, 1.165) is 12.8 Å². The van der Waals surface area contributed by atoms with Crippen molar-refractivity contribution >= 4 is 37.8 Å². The largest absolute Gasteiger partial charge is 0.346 e. The van der Waals surface area contributed by atoms with Crippen molar-refractivity contribution in [2.75, 3.05) is 5.33 Å². The van der Waals surface area contributed by atoms with Gasteiger partial charge in [0.05, 0.1) is 5.56 Å². The summed E-state index contributed by atoms with van der Waals surface area (Å²) in [6, 6.07) is 4.35. The van der Waals surface area contributed by atoms with E-state index in [2.05, 4.69) is 37.2 Å². The maximum atomic E-state index is 13.6. The summed E-state index contributed by atoms with van der Waals surface area (Å²) >= 11 is 6.65. The van der Waals surface area contributed by atoms with Gasteiger partial charge >= 0.3 is 0 Å². The molecular weight excluding hydrogens is 365 g/mol. The first-order valence-electron chi connectivity index (χ1n) is 5.81. The van der Waals surface area contributed by atoms with Gasteiger partial charge in [-0.2, -0.15) is 0 Å². The Morgan fingerprint density at radius 1 is 1.39 bits per heavy atom. The minimum absolute atomic E-state index is 0.0663. The SMILES string of the molecule is CCC(CC)(CBr)NC(=O)c1cc(Br)ccc1F. The van der Waals surface area contributed by atoms with Crippen LogP contribution in [0.15, 0.2) is 22.7 Å². The summed E-state index contributed by atoms with van der Waals surface area (Å²) in [7, 11) is 0. The standard InChI is InChI=1S/C13H16Br2FNO/c1-3-13(4-2,8-14)17-12(18)10-7-9(15)5-6-11(10)16/h5-7H,3-4,8H2,1-2H3,(H,17,18). The molecule has 0 aromatic heterocycles. The number of hydrogen-bond donors (Lipinski definition) is 1. The molecule has 1 amide bonds. The predicted molar refractivity (Wildman–Crippen MR) is 78.7 cm³/mol. The number of carbonyl (C=O) groups excluding carboxylic acids is 1. The lowest BCUT2D eigenvalue weighted by Gasteiger charge is -2.31. The lowest BCUT2D eigenvalue weighted by Crippen LogP contribution is -2.49. The predicted octanol–water partition coefficient (Wildman–Crippen LogP) is 4.27. The van der Waals surface area contributed by atoms with E-state index >= 15 is 0 Å². The highest BCUT2D eigenvalue weighted by molar-refractivity contribution is 9.10. The van der Waals surface area contributed by atoms with Crippen molar-refractivity contribution in [2.45, 2.75) is 32.2 Å². The van der Waals surface area contributed by atoms with Crippen LogP contribution >= 0.6 is 31.9 Å². The number of hydrogen-bond acceptors (Lipinski definition) is 1. The summed E-state index contributed by atoms with van der Waals surface area (Å²) in [5.74, 6) is -0.886. The molecule has 0 bridgehead atoms. The second-order valence-electron chi connectivity index (χ2n) is 4.20. The molecule has 0 aliphatic carbocycles. The maximum Gasteiger partial charge on any atom is 0.254 e. The van der Waals surface area contributed by atoms with Crippen molar-refractivity contribution in [2.24, 2.45) is 0 Å². The molecule has 0 heterocycles. The van der Waals surface area contributed by atoms with E-state index in [9.17, 15) is 9.18 Å². The first kappa shape index (κ1) is 15.6. The first-order valence-corrected chi connectivity index (χ1v) is 7.73. The van der Waals surface area contributed by atoms with Crippen LogP contribution in [-0.4, -0.2) is 16.8 Å². The summed E-state index contributed by atoms with van der Waals surface area (Å²) in [5.41, 5.74) is -0.261. The Balaban J connectivity index is 2.97. The summed E-state index contributed by atoms with van der Waals surface area (Å²) < 4.78 is 14.3. The highest BCUT2D eigenvalue weighted by Gasteiger charge is 2.28. The van der Waals surface area contributed by atoms with E-state index in [1.54, 1.807) is 6.07 Å². The normalized spacial score (nSPS) is 11.4. The molecule has 2 nitrogen and oxygen atoms in total. The third-order valence-electron chi connectivity index (χ3n) is 3.16. The van der Waals surface area contributed by atoms with Crippen LogP contribution < -0.4 is 5.32 Å². The molecule has 1 aromatic carbocycles. The fraction of sp³-hybridized carbons (Fsp3) is 0.462. The third kappa shape index (κ3) is 3.54. The monoisotopic (exact) mass is 379 g/mol. The number of nitrogens with one attached hydrogen (secondary N) is 1. The summed E-state index contributed by atoms with van der Waals surface area (Å²) in [6.45, 7) is 4.00. The molecule has 0 saturated heterocycles. The van der Waals surface area contributed by atoms with E-state index < -0.39 is 5.82 Å². The average Bonchev–Trinajstić information content (AvgIpc) is 2.38. The molecular formula is C13H16Br2FNO. The lowest BCUT2D eigenvalue weighted by atomic mass is 9.95. The van der Waals surface area contributed by atoms with Crippen LogP contribution in [-0.2, 0) is 0 Å². The number of rotatable bonds is 5. The second kappa shape index (κ2) is 6.66. The molecule has 0 spiro atoms. The molecule has 100 valence electrons. The van der Waals surface area contributed by atoms with Crippen molar-refractivity contribution in [3.63, 3.8) is 0 Å². The minimum atomic E-state index is -0.508. The van der Waals surface area contributed by atoms with Gasteiger partial charge in [-0.05, 0) is 31.0 Å². The molecule has 0 unspecified atom stereocenters. The Kier molecular flexibility index (Phi) is 5.79. The van der Waals surface area contributed by atoms with Gasteiger partial charge in [-0.25, -0.2) is 4.39 Å². The molecule has 0 radical (unpaired) electrons. The Morgan fingerprint density at radius 3 is 2.50 bits per heavy atom. The number of benzene rings is 1. The van der Waals surface area contributed by atoms with Gasteiger partial charge in [0.1, 0.15) is 5.82 Å². The zero-order valence-electron chi connectivity index (χ0n) is 10.4. The molecule has 0 fully saturated rings. The average molecular weight is 381 g/mol. The first-order chi connectivity index (χ1) is 8.48. The fourth-order valence-corrected chi connectivity index (χ4v) is 2.92. The van der Waals surface area contributed by atoms with Crippen molar-refractivity contribution in [3.05, 3.63) is 34.1 Å². The van der Waals surface area contributed by atoms with E-state index in [1.807, 2.05) is 13.8 Å². The molecule has 1 rings (SSSR count). The second-order valence-corrected chi connectivity index (χ2v) is 5.68. The van der Waals surface area contributed by atoms with Crippen LogP contribution in [0.2, 0.25) is 0 Å². The van der Waals surface area contributed by atoms with Gasteiger partial charge < -0.3 is 5.32 Å². The van der Waals surface area contributed by atoms with Crippen LogP contribution in [0.5, 0.6) is 0 Å². The molecule has 0 saturated carbocycles. The quantitative estimate of drug-likeness (QED) is 0.759. The highest BCUT2D eigenvalue weighted by atomic mass is 79.9. The van der Waals surface area contributed by atoms with Crippen molar-refractivity contribution < 1.29 is 9.18 Å². The van der Waals surface area contributed by atoms with Gasteiger partial charge in [-0.3, -0.25) is 4.79 Å². The molecule has 1 aromatic rings. The molecule has 18 heavy (non-hydrogen) atoms. The van der Waals surface area contributed by atoms with E-state index in [4.69, 9.17) is 0 Å².